The van der Waals surface area contributed by atoms with Crippen molar-refractivity contribution in [3.8, 4) is 17.1 Å². The minimum absolute atomic E-state index is 0.665. The molecule has 0 radical (unpaired) electrons. The maximum Gasteiger partial charge on any atom is 0.143 e. The van der Waals surface area contributed by atoms with E-state index in [1.165, 1.54) is 0 Å². The molecule has 0 N–H and O–H groups in total. The molecule has 0 saturated heterocycles. The van der Waals surface area contributed by atoms with Crippen LogP contribution in [0.2, 0.25) is 5.02 Å². The van der Waals surface area contributed by atoms with Crippen molar-refractivity contribution >= 4 is 11.6 Å². The highest BCUT2D eigenvalue weighted by molar-refractivity contribution is 6.30. The molecule has 1 aromatic heterocycles. The molecule has 3 nitrogen and oxygen atoms in total. The Morgan fingerprint density at radius 1 is 1.40 bits per heavy atom. The molecule has 0 fully saturated rings. The van der Waals surface area contributed by atoms with Gasteiger partial charge in [0, 0.05) is 17.4 Å². The molecule has 2 aromatic rings. The predicted octanol–water partition coefficient (Wildman–Crippen LogP) is 2.60. The predicted molar refractivity (Wildman–Crippen MR) is 58.2 cm³/mol. The second kappa shape index (κ2) is 3.28. The van der Waals surface area contributed by atoms with Crippen LogP contribution >= 0.6 is 11.6 Å². The largest absolute Gasteiger partial charge is 0.491 e. The lowest BCUT2D eigenvalue weighted by atomic mass is 10.2. The first-order valence-electron chi connectivity index (χ1n) is 4.78. The van der Waals surface area contributed by atoms with Crippen LogP contribution in [0.1, 0.15) is 0 Å². The van der Waals surface area contributed by atoms with E-state index >= 15 is 0 Å². The number of hydrogen-bond acceptors (Lipinski definition) is 2. The molecule has 0 bridgehead atoms. The van der Waals surface area contributed by atoms with Gasteiger partial charge in [0.25, 0.3) is 0 Å². The summed E-state index contributed by atoms with van der Waals surface area (Å²) in [5.41, 5.74) is 0.963. The van der Waals surface area contributed by atoms with Crippen LogP contribution in [0.5, 0.6) is 5.75 Å². The second-order valence-electron chi connectivity index (χ2n) is 3.43. The van der Waals surface area contributed by atoms with Gasteiger partial charge in [-0.15, -0.1) is 0 Å². The Hall–Kier alpha value is -1.48. The molecule has 0 aliphatic carbocycles. The number of rotatable bonds is 0. The van der Waals surface area contributed by atoms with Gasteiger partial charge >= 0.3 is 0 Å². The van der Waals surface area contributed by atoms with Crippen molar-refractivity contribution in [1.29, 1.82) is 0 Å². The molecule has 0 saturated carbocycles. The smallest absolute Gasteiger partial charge is 0.143 e. The normalized spacial score (nSPS) is 13.7. The molecule has 4 heteroatoms. The number of aromatic nitrogens is 2. The van der Waals surface area contributed by atoms with E-state index in [4.69, 9.17) is 16.3 Å². The SMILES string of the molecule is Clc1ccc2c(c1)-c1nccn1CCO2. The van der Waals surface area contributed by atoms with Crippen molar-refractivity contribution in [2.45, 2.75) is 6.54 Å². The lowest BCUT2D eigenvalue weighted by Crippen LogP contribution is -2.04. The van der Waals surface area contributed by atoms with Crippen molar-refractivity contribution in [2.75, 3.05) is 6.61 Å². The monoisotopic (exact) mass is 220 g/mol. The summed E-state index contributed by atoms with van der Waals surface area (Å²) < 4.78 is 7.70. The molecule has 1 aromatic carbocycles. The average molecular weight is 221 g/mol. The second-order valence-corrected chi connectivity index (χ2v) is 3.87. The molecule has 0 unspecified atom stereocenters. The van der Waals surface area contributed by atoms with Gasteiger partial charge in [0.05, 0.1) is 12.1 Å². The zero-order chi connectivity index (χ0) is 10.3. The average Bonchev–Trinajstić information content (AvgIpc) is 2.62. The fourth-order valence-electron chi connectivity index (χ4n) is 1.79. The minimum atomic E-state index is 0.665. The van der Waals surface area contributed by atoms with Crippen LogP contribution in [0, 0.1) is 0 Å². The number of fused-ring (bicyclic) bond motifs is 3. The molecular formula is C11H9ClN2O. The quantitative estimate of drug-likeness (QED) is 0.683. The Kier molecular flexibility index (Phi) is 1.92. The summed E-state index contributed by atoms with van der Waals surface area (Å²) >= 11 is 5.97. The number of hydrogen-bond donors (Lipinski definition) is 0. The molecule has 0 spiro atoms. The number of nitrogens with zero attached hydrogens (tertiary/aromatic N) is 2. The molecule has 1 aliphatic rings. The van der Waals surface area contributed by atoms with Gasteiger partial charge in [-0.3, -0.25) is 0 Å². The van der Waals surface area contributed by atoms with Crippen LogP contribution in [-0.2, 0) is 6.54 Å². The van der Waals surface area contributed by atoms with Gasteiger partial charge in [-0.1, -0.05) is 11.6 Å². The highest BCUT2D eigenvalue weighted by Crippen LogP contribution is 2.33. The third kappa shape index (κ3) is 1.39. The van der Waals surface area contributed by atoms with Crippen molar-refractivity contribution in [3.05, 3.63) is 35.6 Å². The summed E-state index contributed by atoms with van der Waals surface area (Å²) in [6.45, 7) is 1.49. The van der Waals surface area contributed by atoms with E-state index in [1.807, 2.05) is 24.4 Å². The molecule has 0 atom stereocenters. The number of imidazole rings is 1. The lowest BCUT2D eigenvalue weighted by Gasteiger charge is -2.05. The fourth-order valence-corrected chi connectivity index (χ4v) is 1.96. The third-order valence-corrected chi connectivity index (χ3v) is 2.72. The van der Waals surface area contributed by atoms with Gasteiger partial charge in [0.1, 0.15) is 18.2 Å². The zero-order valence-electron chi connectivity index (χ0n) is 7.98. The van der Waals surface area contributed by atoms with Gasteiger partial charge in [-0.2, -0.15) is 0 Å². The summed E-state index contributed by atoms with van der Waals surface area (Å²) in [5, 5.41) is 0.703. The molecule has 3 rings (SSSR count). The fraction of sp³-hybridized carbons (Fsp3) is 0.182. The van der Waals surface area contributed by atoms with Crippen LogP contribution < -0.4 is 4.74 Å². The maximum atomic E-state index is 5.97. The van der Waals surface area contributed by atoms with Gasteiger partial charge in [-0.05, 0) is 18.2 Å². The first-order valence-corrected chi connectivity index (χ1v) is 5.16. The van der Waals surface area contributed by atoms with Crippen molar-refractivity contribution in [1.82, 2.24) is 9.55 Å². The van der Waals surface area contributed by atoms with Gasteiger partial charge in [0.15, 0.2) is 0 Å². The van der Waals surface area contributed by atoms with Gasteiger partial charge < -0.3 is 9.30 Å². The zero-order valence-corrected chi connectivity index (χ0v) is 8.74. The highest BCUT2D eigenvalue weighted by atomic mass is 35.5. The van der Waals surface area contributed by atoms with Crippen molar-refractivity contribution < 1.29 is 4.74 Å². The highest BCUT2D eigenvalue weighted by Gasteiger charge is 2.15. The Labute approximate surface area is 92.3 Å². The van der Waals surface area contributed by atoms with Crippen LogP contribution in [-0.4, -0.2) is 16.2 Å². The standard InChI is InChI=1S/C11H9ClN2O/c12-8-1-2-10-9(7-8)11-13-3-4-14(11)5-6-15-10/h1-4,7H,5-6H2. The van der Waals surface area contributed by atoms with E-state index in [-0.39, 0.29) is 0 Å². The topological polar surface area (TPSA) is 27.1 Å². The van der Waals surface area contributed by atoms with E-state index in [2.05, 4.69) is 9.55 Å². The molecule has 0 amide bonds. The summed E-state index contributed by atoms with van der Waals surface area (Å²) in [5.74, 6) is 1.77. The van der Waals surface area contributed by atoms with Gasteiger partial charge in [-0.25, -0.2) is 4.98 Å². The summed E-state index contributed by atoms with van der Waals surface area (Å²) in [7, 11) is 0. The van der Waals surface area contributed by atoms with E-state index in [0.717, 1.165) is 23.7 Å². The molecule has 15 heavy (non-hydrogen) atoms. The van der Waals surface area contributed by atoms with Crippen molar-refractivity contribution in [2.24, 2.45) is 0 Å². The number of ether oxygens (including phenoxy) is 1. The van der Waals surface area contributed by atoms with Crippen LogP contribution in [0.4, 0.5) is 0 Å². The van der Waals surface area contributed by atoms with Crippen molar-refractivity contribution in [3.63, 3.8) is 0 Å². The third-order valence-electron chi connectivity index (χ3n) is 2.49. The lowest BCUT2D eigenvalue weighted by molar-refractivity contribution is 0.306. The molecule has 2 heterocycles. The van der Waals surface area contributed by atoms with Crippen LogP contribution in [0.15, 0.2) is 30.6 Å². The Morgan fingerprint density at radius 3 is 3.27 bits per heavy atom. The Balaban J connectivity index is 2.27. The number of halogens is 1. The summed E-state index contributed by atoms with van der Waals surface area (Å²) in [6, 6.07) is 5.61. The minimum Gasteiger partial charge on any atom is -0.491 e. The summed E-state index contributed by atoms with van der Waals surface area (Å²) in [6.07, 6.45) is 3.75. The van der Waals surface area contributed by atoms with E-state index in [1.54, 1.807) is 6.20 Å². The van der Waals surface area contributed by atoms with E-state index in [0.29, 0.717) is 11.6 Å². The van der Waals surface area contributed by atoms with Gasteiger partial charge in [0.2, 0.25) is 0 Å². The van der Waals surface area contributed by atoms with Crippen LogP contribution in [0.25, 0.3) is 11.4 Å². The first kappa shape index (κ1) is 8.80. The van der Waals surface area contributed by atoms with Crippen LogP contribution in [0.3, 0.4) is 0 Å². The molecule has 76 valence electrons. The molecule has 1 aliphatic heterocycles. The molecular weight excluding hydrogens is 212 g/mol. The number of benzene rings is 1. The Morgan fingerprint density at radius 2 is 2.33 bits per heavy atom. The Bertz CT molecular complexity index is 507. The van der Waals surface area contributed by atoms with E-state index in [9.17, 15) is 0 Å². The maximum absolute atomic E-state index is 5.97. The van der Waals surface area contributed by atoms with E-state index < -0.39 is 0 Å². The summed E-state index contributed by atoms with van der Waals surface area (Å²) in [4.78, 5) is 4.32. The first-order chi connectivity index (χ1) is 7.34.